The van der Waals surface area contributed by atoms with Crippen LogP contribution in [0.1, 0.15) is 0 Å². The molecule has 3 aromatic rings. The molecule has 1 aliphatic rings. The number of amides is 1. The minimum atomic E-state index is -0.215. The summed E-state index contributed by atoms with van der Waals surface area (Å²) in [5, 5.41) is 8.13. The van der Waals surface area contributed by atoms with Crippen molar-refractivity contribution in [2.24, 2.45) is 0 Å². The molecule has 140 valence electrons. The first kappa shape index (κ1) is 17.5. The van der Waals surface area contributed by atoms with Gasteiger partial charge in [0.05, 0.1) is 18.6 Å². The second kappa shape index (κ2) is 7.75. The normalized spacial score (nSPS) is 15.5. The number of hydrogen-bond donors (Lipinski definition) is 0. The molecule has 1 aromatic carbocycles. The Hall–Kier alpha value is -2.94. The molecule has 0 aliphatic carbocycles. The van der Waals surface area contributed by atoms with Crippen LogP contribution in [0.4, 0.5) is 0 Å². The minimum Gasteiger partial charge on any atom is -0.486 e. The van der Waals surface area contributed by atoms with E-state index in [0.717, 1.165) is 5.75 Å². The average molecular weight is 387 g/mol. The number of benzene rings is 1. The van der Waals surface area contributed by atoms with Crippen molar-refractivity contribution in [3.8, 4) is 23.1 Å². The lowest BCUT2D eigenvalue weighted by atomic mass is 10.2. The number of hydrogen-bond acceptors (Lipinski definition) is 8. The molecule has 2 aromatic heterocycles. The topological polar surface area (TPSA) is 90.8 Å². The molecule has 0 bridgehead atoms. The van der Waals surface area contributed by atoms with Crippen molar-refractivity contribution in [3.05, 3.63) is 42.7 Å². The summed E-state index contributed by atoms with van der Waals surface area (Å²) >= 11 is 1.18. The Morgan fingerprint density at radius 2 is 2.07 bits per heavy atom. The molecule has 1 amide bonds. The highest BCUT2D eigenvalue weighted by atomic mass is 32.2. The first-order valence-electron chi connectivity index (χ1n) is 8.31. The zero-order chi connectivity index (χ0) is 18.6. The number of aromatic nitrogens is 2. The Kier molecular flexibility index (Phi) is 5.01. The molecule has 0 saturated heterocycles. The van der Waals surface area contributed by atoms with Gasteiger partial charge in [-0.25, -0.2) is 0 Å². The summed E-state index contributed by atoms with van der Waals surface area (Å²) in [6.45, 7) is 0.827. The van der Waals surface area contributed by atoms with Crippen LogP contribution in [0.25, 0.3) is 11.7 Å². The van der Waals surface area contributed by atoms with Gasteiger partial charge in [0, 0.05) is 7.05 Å². The van der Waals surface area contributed by atoms with Gasteiger partial charge in [0.1, 0.15) is 6.61 Å². The van der Waals surface area contributed by atoms with Crippen LogP contribution in [-0.4, -0.2) is 53.1 Å². The average Bonchev–Trinajstić information content (AvgIpc) is 3.37. The number of rotatable bonds is 6. The van der Waals surface area contributed by atoms with Gasteiger partial charge in [-0.15, -0.1) is 10.2 Å². The summed E-state index contributed by atoms with van der Waals surface area (Å²) < 4.78 is 22.2. The van der Waals surface area contributed by atoms with Crippen molar-refractivity contribution >= 4 is 17.7 Å². The molecule has 0 fully saturated rings. The predicted octanol–water partition coefficient (Wildman–Crippen LogP) is 2.72. The second-order valence-electron chi connectivity index (χ2n) is 5.91. The maximum Gasteiger partial charge on any atom is 0.284 e. The van der Waals surface area contributed by atoms with Crippen LogP contribution >= 0.6 is 11.8 Å². The number of thioether (sulfide) groups is 1. The van der Waals surface area contributed by atoms with E-state index in [0.29, 0.717) is 29.9 Å². The molecule has 0 saturated carbocycles. The standard InChI is InChI=1S/C18H17N3O5S/c1-21(9-12-10-24-13-5-2-3-6-14(13)25-12)16(22)11-27-18-20-19-17(26-18)15-7-4-8-23-15/h2-8,12H,9-11H2,1H3/t12-/m0/s1. The van der Waals surface area contributed by atoms with Gasteiger partial charge in [0.15, 0.2) is 23.4 Å². The highest BCUT2D eigenvalue weighted by Crippen LogP contribution is 2.31. The van der Waals surface area contributed by atoms with Crippen molar-refractivity contribution in [2.75, 3.05) is 26.0 Å². The highest BCUT2D eigenvalue weighted by molar-refractivity contribution is 7.99. The van der Waals surface area contributed by atoms with E-state index in [-0.39, 0.29) is 23.7 Å². The van der Waals surface area contributed by atoms with E-state index in [4.69, 9.17) is 18.3 Å². The van der Waals surface area contributed by atoms with Crippen LogP contribution in [0.15, 0.2) is 56.7 Å². The number of furan rings is 1. The SMILES string of the molecule is CN(C[C@H]1COc2ccccc2O1)C(=O)CSc1nnc(-c2ccco2)o1. The van der Waals surface area contributed by atoms with E-state index in [1.165, 1.54) is 18.0 Å². The zero-order valence-electron chi connectivity index (χ0n) is 14.5. The number of para-hydroxylation sites is 2. The third-order valence-electron chi connectivity index (χ3n) is 3.93. The highest BCUT2D eigenvalue weighted by Gasteiger charge is 2.24. The number of ether oxygens (including phenoxy) is 2. The minimum absolute atomic E-state index is 0.0693. The quantitative estimate of drug-likeness (QED) is 0.596. The fraction of sp³-hybridized carbons (Fsp3) is 0.278. The predicted molar refractivity (Wildman–Crippen MR) is 96.7 cm³/mol. The zero-order valence-corrected chi connectivity index (χ0v) is 15.3. The molecular weight excluding hydrogens is 370 g/mol. The van der Waals surface area contributed by atoms with Gasteiger partial charge < -0.3 is 23.2 Å². The third kappa shape index (κ3) is 4.08. The van der Waals surface area contributed by atoms with Crippen LogP contribution in [0.3, 0.4) is 0 Å². The molecule has 1 aliphatic heterocycles. The lowest BCUT2D eigenvalue weighted by Gasteiger charge is -2.29. The molecule has 0 unspecified atom stereocenters. The van der Waals surface area contributed by atoms with Gasteiger partial charge in [0.2, 0.25) is 5.91 Å². The van der Waals surface area contributed by atoms with Crippen LogP contribution < -0.4 is 9.47 Å². The molecule has 4 rings (SSSR count). The van der Waals surface area contributed by atoms with Crippen LogP contribution in [-0.2, 0) is 4.79 Å². The van der Waals surface area contributed by atoms with Gasteiger partial charge in [-0.1, -0.05) is 23.9 Å². The number of fused-ring (bicyclic) bond motifs is 1. The van der Waals surface area contributed by atoms with Crippen molar-refractivity contribution < 1.29 is 23.1 Å². The molecular formula is C18H17N3O5S. The molecule has 0 spiro atoms. The van der Waals surface area contributed by atoms with Gasteiger partial charge in [0.25, 0.3) is 11.1 Å². The molecule has 0 radical (unpaired) electrons. The Bertz CT molecular complexity index is 911. The van der Waals surface area contributed by atoms with E-state index in [2.05, 4.69) is 10.2 Å². The number of likely N-dealkylation sites (N-methyl/N-ethyl adjacent to an activating group) is 1. The number of nitrogens with zero attached hydrogens (tertiary/aromatic N) is 3. The van der Waals surface area contributed by atoms with Crippen molar-refractivity contribution in [2.45, 2.75) is 11.3 Å². The maximum atomic E-state index is 12.4. The monoisotopic (exact) mass is 387 g/mol. The van der Waals surface area contributed by atoms with E-state index in [9.17, 15) is 4.79 Å². The van der Waals surface area contributed by atoms with E-state index in [1.54, 1.807) is 24.1 Å². The first-order valence-corrected chi connectivity index (χ1v) is 9.30. The molecule has 3 heterocycles. The third-order valence-corrected chi connectivity index (χ3v) is 4.73. The lowest BCUT2D eigenvalue weighted by Crippen LogP contribution is -2.42. The smallest absolute Gasteiger partial charge is 0.284 e. The summed E-state index contributed by atoms with van der Waals surface area (Å²) in [6, 6.07) is 11.0. The number of carbonyl (C=O) groups is 1. The lowest BCUT2D eigenvalue weighted by molar-refractivity contribution is -0.128. The van der Waals surface area contributed by atoms with Crippen LogP contribution in [0.2, 0.25) is 0 Å². The fourth-order valence-corrected chi connectivity index (χ4v) is 3.27. The summed E-state index contributed by atoms with van der Waals surface area (Å²) in [5.74, 6) is 2.31. The van der Waals surface area contributed by atoms with Crippen molar-refractivity contribution in [1.29, 1.82) is 0 Å². The Labute approximate surface area is 159 Å². The summed E-state index contributed by atoms with van der Waals surface area (Å²) in [4.78, 5) is 14.0. The Balaban J connectivity index is 1.27. The van der Waals surface area contributed by atoms with Crippen LogP contribution in [0, 0.1) is 0 Å². The second-order valence-corrected chi connectivity index (χ2v) is 6.84. The number of carbonyl (C=O) groups excluding carboxylic acids is 1. The van der Waals surface area contributed by atoms with E-state index >= 15 is 0 Å². The van der Waals surface area contributed by atoms with Gasteiger partial charge in [-0.05, 0) is 24.3 Å². The Morgan fingerprint density at radius 3 is 2.89 bits per heavy atom. The summed E-state index contributed by atoms with van der Waals surface area (Å²) in [7, 11) is 1.73. The fourth-order valence-electron chi connectivity index (χ4n) is 2.56. The largest absolute Gasteiger partial charge is 0.486 e. The van der Waals surface area contributed by atoms with E-state index in [1.807, 2.05) is 24.3 Å². The first-order chi connectivity index (χ1) is 13.2. The molecule has 8 nitrogen and oxygen atoms in total. The van der Waals surface area contributed by atoms with Gasteiger partial charge in [-0.3, -0.25) is 4.79 Å². The van der Waals surface area contributed by atoms with Gasteiger partial charge in [-0.2, -0.15) is 0 Å². The summed E-state index contributed by atoms with van der Waals surface area (Å²) in [6.07, 6.45) is 1.31. The van der Waals surface area contributed by atoms with Gasteiger partial charge >= 0.3 is 0 Å². The molecule has 1 atom stereocenters. The van der Waals surface area contributed by atoms with Crippen molar-refractivity contribution in [1.82, 2.24) is 15.1 Å². The molecule has 9 heteroatoms. The Morgan fingerprint density at radius 1 is 1.22 bits per heavy atom. The molecule has 0 N–H and O–H groups in total. The molecule has 27 heavy (non-hydrogen) atoms. The summed E-state index contributed by atoms with van der Waals surface area (Å²) in [5.41, 5.74) is 0. The maximum absolute atomic E-state index is 12.4. The van der Waals surface area contributed by atoms with E-state index < -0.39 is 0 Å². The van der Waals surface area contributed by atoms with Crippen molar-refractivity contribution in [3.63, 3.8) is 0 Å². The van der Waals surface area contributed by atoms with Crippen LogP contribution in [0.5, 0.6) is 11.5 Å².